The van der Waals surface area contributed by atoms with E-state index in [1.54, 1.807) is 6.92 Å². The number of carbonyl (C=O) groups is 1. The lowest BCUT2D eigenvalue weighted by atomic mass is 10.1. The Hall–Kier alpha value is -0.243. The summed E-state index contributed by atoms with van der Waals surface area (Å²) in [5.41, 5.74) is 5.25. The second kappa shape index (κ2) is 6.96. The van der Waals surface area contributed by atoms with Gasteiger partial charge in [0.1, 0.15) is 0 Å². The first-order chi connectivity index (χ1) is 8.36. The van der Waals surface area contributed by atoms with Crippen LogP contribution in [0, 0.1) is 0 Å². The van der Waals surface area contributed by atoms with Crippen LogP contribution in [0.3, 0.4) is 0 Å². The van der Waals surface area contributed by atoms with Gasteiger partial charge in [-0.1, -0.05) is 20.8 Å². The van der Waals surface area contributed by atoms with Crippen LogP contribution in [0.15, 0.2) is 0 Å². The summed E-state index contributed by atoms with van der Waals surface area (Å²) in [4.78, 5) is 11.2. The van der Waals surface area contributed by atoms with E-state index in [-0.39, 0.29) is 11.5 Å². The fourth-order valence-corrected chi connectivity index (χ4v) is 3.27. The molecule has 0 aliphatic rings. The number of primary amides is 1. The van der Waals surface area contributed by atoms with E-state index in [2.05, 4.69) is 33.9 Å². The molecule has 0 aromatic rings. The van der Waals surface area contributed by atoms with Gasteiger partial charge in [0.25, 0.3) is 0 Å². The lowest BCUT2D eigenvalue weighted by molar-refractivity contribution is -0.120. The quantitative estimate of drug-likeness (QED) is 0.729. The molecule has 5 nitrogen and oxygen atoms in total. The van der Waals surface area contributed by atoms with E-state index in [4.69, 9.17) is 14.3 Å². The standard InChI is InChI=1S/C12H27NO4SSi/c1-9(16-18(5)15)10(8-11(13)14)17-19(6,7)12(2,3)4/h9-10H,8H2,1-7H3,(H2,13,14)/t9-,10-,18?/m0/s1. The topological polar surface area (TPSA) is 78.6 Å². The van der Waals surface area contributed by atoms with Crippen molar-refractivity contribution >= 4 is 25.3 Å². The van der Waals surface area contributed by atoms with Gasteiger partial charge in [-0.15, -0.1) is 0 Å². The van der Waals surface area contributed by atoms with Crippen molar-refractivity contribution in [1.29, 1.82) is 0 Å². The molecule has 1 amide bonds. The Bertz CT molecular complexity index is 341. The van der Waals surface area contributed by atoms with Crippen molar-refractivity contribution < 1.29 is 17.6 Å². The van der Waals surface area contributed by atoms with Gasteiger partial charge in [0.2, 0.25) is 5.91 Å². The van der Waals surface area contributed by atoms with E-state index in [9.17, 15) is 9.00 Å². The third kappa shape index (κ3) is 6.65. The minimum atomic E-state index is -2.04. The average molecular weight is 310 g/mol. The second-order valence-corrected chi connectivity index (χ2v) is 12.0. The highest BCUT2D eigenvalue weighted by Crippen LogP contribution is 2.38. The zero-order valence-electron chi connectivity index (χ0n) is 13.0. The van der Waals surface area contributed by atoms with Crippen LogP contribution in [0.5, 0.6) is 0 Å². The van der Waals surface area contributed by atoms with Crippen LogP contribution in [0.2, 0.25) is 18.1 Å². The summed E-state index contributed by atoms with van der Waals surface area (Å²) in [5, 5.41) is 0.0218. The smallest absolute Gasteiger partial charge is 0.220 e. The summed E-state index contributed by atoms with van der Waals surface area (Å²) in [6, 6.07) is 0. The molecule has 0 aromatic carbocycles. The third-order valence-electron chi connectivity index (χ3n) is 3.47. The van der Waals surface area contributed by atoms with Gasteiger partial charge in [-0.25, -0.2) is 4.21 Å². The molecule has 0 fully saturated rings. The minimum Gasteiger partial charge on any atom is -0.411 e. The Morgan fingerprint density at radius 3 is 2.16 bits per heavy atom. The normalized spacial score (nSPS) is 17.8. The van der Waals surface area contributed by atoms with Gasteiger partial charge in [0.15, 0.2) is 19.4 Å². The molecule has 0 radical (unpaired) electrons. The molecule has 0 aliphatic carbocycles. The number of nitrogens with two attached hydrogens (primary N) is 1. The van der Waals surface area contributed by atoms with Crippen molar-refractivity contribution in [2.24, 2.45) is 5.73 Å². The molecule has 0 spiro atoms. The maximum atomic E-state index is 11.2. The first-order valence-corrected chi connectivity index (χ1v) is 10.7. The number of hydrogen-bond acceptors (Lipinski definition) is 4. The first kappa shape index (κ1) is 18.8. The first-order valence-electron chi connectivity index (χ1n) is 6.33. The Morgan fingerprint density at radius 1 is 1.37 bits per heavy atom. The molecule has 0 aliphatic heterocycles. The van der Waals surface area contributed by atoms with Crippen molar-refractivity contribution in [1.82, 2.24) is 0 Å². The fraction of sp³-hybridized carbons (Fsp3) is 0.917. The zero-order valence-corrected chi connectivity index (χ0v) is 14.8. The molecule has 0 saturated heterocycles. The van der Waals surface area contributed by atoms with Crippen molar-refractivity contribution in [3.05, 3.63) is 0 Å². The number of carbonyl (C=O) groups excluding carboxylic acids is 1. The molecule has 19 heavy (non-hydrogen) atoms. The predicted octanol–water partition coefficient (Wildman–Crippen LogP) is 1.95. The molecule has 0 heterocycles. The Kier molecular flexibility index (Phi) is 6.88. The van der Waals surface area contributed by atoms with Crippen molar-refractivity contribution in [3.63, 3.8) is 0 Å². The van der Waals surface area contributed by atoms with Gasteiger partial charge >= 0.3 is 0 Å². The molecular weight excluding hydrogens is 282 g/mol. The molecule has 114 valence electrons. The summed E-state index contributed by atoms with van der Waals surface area (Å²) in [7, 11) is -2.04. The molecule has 1 unspecified atom stereocenters. The molecule has 7 heteroatoms. The van der Waals surface area contributed by atoms with Crippen molar-refractivity contribution in [2.45, 2.75) is 64.5 Å². The number of hydrogen-bond donors (Lipinski definition) is 1. The van der Waals surface area contributed by atoms with Gasteiger partial charge in [-0.3, -0.25) is 8.98 Å². The minimum absolute atomic E-state index is 0.0218. The van der Waals surface area contributed by atoms with Gasteiger partial charge in [0.05, 0.1) is 18.6 Å². The van der Waals surface area contributed by atoms with Gasteiger partial charge < -0.3 is 10.2 Å². The number of amides is 1. The lowest BCUT2D eigenvalue weighted by Gasteiger charge is -2.40. The fourth-order valence-electron chi connectivity index (χ4n) is 1.33. The Balaban J connectivity index is 4.96. The Morgan fingerprint density at radius 2 is 1.84 bits per heavy atom. The molecule has 3 atom stereocenters. The van der Waals surface area contributed by atoms with E-state index in [0.717, 1.165) is 0 Å². The molecule has 0 rings (SSSR count). The number of rotatable bonds is 7. The highest BCUT2D eigenvalue weighted by atomic mass is 32.2. The van der Waals surface area contributed by atoms with E-state index in [0.29, 0.717) is 0 Å². The van der Waals surface area contributed by atoms with Crippen LogP contribution < -0.4 is 5.73 Å². The van der Waals surface area contributed by atoms with Gasteiger partial charge in [-0.2, -0.15) is 0 Å². The monoisotopic (exact) mass is 309 g/mol. The van der Waals surface area contributed by atoms with Gasteiger partial charge in [0, 0.05) is 6.26 Å². The zero-order chi connectivity index (χ0) is 15.4. The van der Waals surface area contributed by atoms with Crippen LogP contribution in [0.4, 0.5) is 0 Å². The highest BCUT2D eigenvalue weighted by Gasteiger charge is 2.40. The maximum Gasteiger partial charge on any atom is 0.220 e. The molecule has 0 bridgehead atoms. The summed E-state index contributed by atoms with van der Waals surface area (Å²) in [5.74, 6) is -0.443. The predicted molar refractivity (Wildman–Crippen MR) is 80.5 cm³/mol. The summed E-state index contributed by atoms with van der Waals surface area (Å²) in [6.45, 7) is 12.3. The van der Waals surface area contributed by atoms with Crippen LogP contribution in [-0.4, -0.2) is 36.9 Å². The largest absolute Gasteiger partial charge is 0.411 e. The summed E-state index contributed by atoms with van der Waals surface area (Å²) < 4.78 is 22.5. The van der Waals surface area contributed by atoms with E-state index >= 15 is 0 Å². The maximum absolute atomic E-state index is 11.2. The second-order valence-electron chi connectivity index (χ2n) is 6.29. The molecule has 2 N–H and O–H groups in total. The van der Waals surface area contributed by atoms with Gasteiger partial charge in [-0.05, 0) is 25.1 Å². The van der Waals surface area contributed by atoms with E-state index < -0.39 is 37.5 Å². The summed E-state index contributed by atoms with van der Waals surface area (Å²) >= 11 is -1.40. The summed E-state index contributed by atoms with van der Waals surface area (Å²) in [6.07, 6.45) is 0.629. The average Bonchev–Trinajstić information content (AvgIpc) is 2.12. The highest BCUT2D eigenvalue weighted by molar-refractivity contribution is 7.79. The molecule has 0 aromatic heterocycles. The Labute approximate surface area is 120 Å². The van der Waals surface area contributed by atoms with Crippen LogP contribution in [-0.2, 0) is 24.5 Å². The van der Waals surface area contributed by atoms with E-state index in [1.165, 1.54) is 6.26 Å². The van der Waals surface area contributed by atoms with Crippen LogP contribution in [0.1, 0.15) is 34.1 Å². The molecular formula is C12H27NO4SSi. The molecule has 0 saturated carbocycles. The van der Waals surface area contributed by atoms with Crippen molar-refractivity contribution in [3.8, 4) is 0 Å². The van der Waals surface area contributed by atoms with E-state index in [1.807, 2.05) is 0 Å². The van der Waals surface area contributed by atoms with Crippen molar-refractivity contribution in [2.75, 3.05) is 6.26 Å². The lowest BCUT2D eigenvalue weighted by Crippen LogP contribution is -2.48. The van der Waals surface area contributed by atoms with Crippen LogP contribution >= 0.6 is 0 Å². The SMILES string of the molecule is C[C@H](OS(C)=O)[C@H](CC(N)=O)O[Si](C)(C)C(C)(C)C. The van der Waals surface area contributed by atoms with Crippen LogP contribution in [0.25, 0.3) is 0 Å². The third-order valence-corrected chi connectivity index (χ3v) is 8.54.